The molecule has 84 heavy (non-hydrogen) atoms. The van der Waals surface area contributed by atoms with E-state index in [1.165, 1.54) is 0 Å². The molecular formula is C64H74N3O14P3. The number of benzene rings is 6. The molecule has 0 saturated carbocycles. The van der Waals surface area contributed by atoms with Gasteiger partial charge in [-0.25, -0.2) is 0 Å². The first-order chi connectivity index (χ1) is 41.6. The first kappa shape index (κ1) is 59.9. The average Bonchev–Trinajstić information content (AvgIpc) is 2.51. The van der Waals surface area contributed by atoms with Crippen LogP contribution in [0, 0.1) is 0 Å². The van der Waals surface area contributed by atoms with Gasteiger partial charge in [0.15, 0.2) is 28.5 Å². The van der Waals surface area contributed by atoms with Crippen molar-refractivity contribution in [2.75, 3.05) is 79.3 Å². The molecule has 5 atom stereocenters. The van der Waals surface area contributed by atoms with Gasteiger partial charge in [0.05, 0.1) is 52.9 Å². The number of hydrogen-bond acceptors (Lipinski definition) is 17. The maximum atomic E-state index is 7.48. The summed E-state index contributed by atoms with van der Waals surface area (Å²) in [5.74, 6) is 4.17. The van der Waals surface area contributed by atoms with Crippen molar-refractivity contribution >= 4 is 24.7 Å². The van der Waals surface area contributed by atoms with Gasteiger partial charge in [0, 0.05) is 32.5 Å². The number of epoxide rings is 4. The van der Waals surface area contributed by atoms with Crippen LogP contribution in [0.2, 0.25) is 0 Å². The molecule has 0 spiro atoms. The van der Waals surface area contributed by atoms with Crippen LogP contribution in [0.25, 0.3) is 0 Å². The zero-order valence-corrected chi connectivity index (χ0v) is 50.1. The molecule has 0 N–H and O–H groups in total. The lowest BCUT2D eigenvalue weighted by molar-refractivity contribution is 0.113. The van der Waals surface area contributed by atoms with E-state index in [-0.39, 0.29) is 47.4 Å². The zero-order chi connectivity index (χ0) is 56.9. The third-order valence-corrected chi connectivity index (χ3v) is 18.2. The predicted octanol–water partition coefficient (Wildman–Crippen LogP) is 16.3. The summed E-state index contributed by atoms with van der Waals surface area (Å²) < 4.78 is 103. The van der Waals surface area contributed by atoms with Gasteiger partial charge in [-0.1, -0.05) is 91.0 Å². The normalized spacial score (nSPS) is 20.1. The summed E-state index contributed by atoms with van der Waals surface area (Å²) in [6.07, 6.45) is 10.6. The van der Waals surface area contributed by atoms with Crippen LogP contribution < -0.4 is 28.0 Å². The van der Waals surface area contributed by atoms with Gasteiger partial charge in [-0.2, -0.15) is 4.52 Å². The molecule has 4 fully saturated rings. The molecule has 6 aromatic rings. The molecule has 0 bridgehead atoms. The largest absolute Gasteiger partial charge is 0.460 e. The Morgan fingerprint density at radius 1 is 0.381 bits per heavy atom. The number of rotatable bonds is 40. The van der Waals surface area contributed by atoms with Crippen LogP contribution >= 0.6 is 24.7 Å². The molecule has 5 unspecified atom stereocenters. The van der Waals surface area contributed by atoms with Gasteiger partial charge in [-0.15, -0.1) is 9.03 Å². The van der Waals surface area contributed by atoms with Gasteiger partial charge in [0.1, 0.15) is 53.2 Å². The Morgan fingerprint density at radius 2 is 0.750 bits per heavy atom. The van der Waals surface area contributed by atoms with Crippen molar-refractivity contribution in [2.45, 2.75) is 101 Å². The smallest absolute Gasteiger partial charge is 0.453 e. The van der Waals surface area contributed by atoms with E-state index >= 15 is 0 Å². The molecule has 0 aliphatic carbocycles. The molecule has 4 saturated heterocycles. The van der Waals surface area contributed by atoms with Crippen LogP contribution in [0.15, 0.2) is 147 Å². The summed E-state index contributed by atoms with van der Waals surface area (Å²) in [5.41, 5.74) is 3.95. The monoisotopic (exact) mass is 1200 g/mol. The van der Waals surface area contributed by atoms with Crippen LogP contribution in [0.1, 0.15) is 73.6 Å². The highest BCUT2D eigenvalue weighted by Gasteiger charge is 2.35. The molecule has 11 rings (SSSR count). The van der Waals surface area contributed by atoms with Crippen LogP contribution in [0.5, 0.6) is 57.5 Å². The molecule has 444 valence electrons. The van der Waals surface area contributed by atoms with E-state index in [0.29, 0.717) is 117 Å². The highest BCUT2D eigenvalue weighted by molar-refractivity contribution is 7.65. The highest BCUT2D eigenvalue weighted by atomic mass is 31.2. The maximum Gasteiger partial charge on any atom is 0.460 e. The summed E-state index contributed by atoms with van der Waals surface area (Å²) in [4.78, 5) is 0. The average molecular weight is 1200 g/mol. The van der Waals surface area contributed by atoms with Crippen molar-refractivity contribution in [3.8, 4) is 57.5 Å². The van der Waals surface area contributed by atoms with Crippen molar-refractivity contribution < 1.29 is 65.9 Å². The minimum Gasteiger partial charge on any atom is -0.453 e. The molecule has 0 radical (unpaired) electrons. The Bertz CT molecular complexity index is 3160. The highest BCUT2D eigenvalue weighted by Crippen LogP contribution is 2.64. The van der Waals surface area contributed by atoms with Gasteiger partial charge in [0.2, 0.25) is 17.2 Å². The second kappa shape index (κ2) is 31.6. The summed E-state index contributed by atoms with van der Waals surface area (Å²) in [6, 6.07) is 43.5. The van der Waals surface area contributed by atoms with Crippen molar-refractivity contribution in [1.82, 2.24) is 0 Å². The Kier molecular flexibility index (Phi) is 22.5. The van der Waals surface area contributed by atoms with Crippen molar-refractivity contribution in [3.63, 3.8) is 0 Å². The second-order valence-electron chi connectivity index (χ2n) is 21.1. The molecule has 0 amide bonds. The van der Waals surface area contributed by atoms with Crippen LogP contribution in [-0.2, 0) is 63.6 Å². The number of hydrogen-bond donors (Lipinski definition) is 0. The Balaban J connectivity index is 1.02. The maximum absolute atomic E-state index is 7.48. The molecule has 5 heterocycles. The van der Waals surface area contributed by atoms with E-state index in [9.17, 15) is 0 Å². The van der Waals surface area contributed by atoms with Crippen molar-refractivity contribution in [1.29, 1.82) is 0 Å². The minimum absolute atomic E-state index is 0.204. The molecule has 5 aliphatic rings. The summed E-state index contributed by atoms with van der Waals surface area (Å²) >= 11 is 0. The topological polar surface area (TPSA) is 180 Å². The van der Waals surface area contributed by atoms with Gasteiger partial charge in [-0.3, -0.25) is 0 Å². The Morgan fingerprint density at radius 3 is 1.14 bits per heavy atom. The standard InChI is InChI=1S/C64H74N3O14P3/c1-2-28-51(29-3-1)80-84(66-82-65-83-67-84)81-61-38-60(76-56-30-8-4-20-47(56)24-12-16-34-68-39-52-43-72-52)62(77-57-31-9-5-21-48(57)25-13-17-35-69-40-53-44-73-53)64(79-59-33-11-7-23-50(59)27-15-19-37-71-42-55-46-75-55)63(61)78-58-32-10-6-22-49(58)26-14-18-36-70-41-54-45-74-54/h1-11,20-23,28-33,38,52-55H,12-19,24-27,34-37,39-46H2. The van der Waals surface area contributed by atoms with E-state index in [2.05, 4.69) is 28.8 Å². The van der Waals surface area contributed by atoms with Gasteiger partial charge >= 0.3 is 7.66 Å². The second-order valence-corrected chi connectivity index (χ2v) is 24.9. The molecule has 20 heteroatoms. The van der Waals surface area contributed by atoms with E-state index in [0.717, 1.165) is 113 Å². The first-order valence-electron chi connectivity index (χ1n) is 29.5. The minimum atomic E-state index is -3.58. The molecule has 17 nitrogen and oxygen atoms in total. The lowest BCUT2D eigenvalue weighted by Crippen LogP contribution is -2.06. The summed E-state index contributed by atoms with van der Waals surface area (Å²) in [7, 11) is -2.77. The fourth-order valence-electron chi connectivity index (χ4n) is 9.30. The molecule has 5 aliphatic heterocycles. The van der Waals surface area contributed by atoms with E-state index in [1.54, 1.807) is 6.07 Å². The van der Waals surface area contributed by atoms with Crippen LogP contribution in [0.4, 0.5) is 0 Å². The first-order valence-corrected chi connectivity index (χ1v) is 32.6. The van der Waals surface area contributed by atoms with E-state index < -0.39 is 7.66 Å². The third-order valence-electron chi connectivity index (χ3n) is 14.2. The number of unbranched alkanes of at least 4 members (excludes halogenated alkanes) is 4. The SMILES string of the molecule is c1ccc(OP2(Oc3cc(Oc4ccccc4CCCCOCC4CO4)c(Oc4ccccc4CCCCOCC4CO4)c(Oc4ccccc4CCCCOCC4CO4)c3Oc3ccccc3CCCCOCC3CO3)=NP=NP=N2)cc1. The van der Waals surface area contributed by atoms with Gasteiger partial charge in [-0.05, 0) is 136 Å². The zero-order valence-electron chi connectivity index (χ0n) is 47.4. The Hall–Kier alpha value is -5.77. The lowest BCUT2D eigenvalue weighted by Gasteiger charge is -2.26. The lowest BCUT2D eigenvalue weighted by atomic mass is 10.1. The van der Waals surface area contributed by atoms with E-state index in [1.807, 2.05) is 103 Å². The molecular weight excluding hydrogens is 1130 g/mol. The fourth-order valence-corrected chi connectivity index (χ4v) is 13.1. The number of nitrogens with zero attached hydrogens (tertiary/aromatic N) is 3. The van der Waals surface area contributed by atoms with E-state index in [4.69, 9.17) is 74.9 Å². The number of aryl methyl sites for hydroxylation is 4. The summed E-state index contributed by atoms with van der Waals surface area (Å²) in [6.45, 7) is 8.05. The fraction of sp³-hybridized carbons (Fsp3) is 0.438. The Labute approximate surface area is 495 Å². The molecule has 0 aromatic heterocycles. The van der Waals surface area contributed by atoms with Crippen LogP contribution in [-0.4, -0.2) is 104 Å². The van der Waals surface area contributed by atoms with Gasteiger partial charge in [0.25, 0.3) is 0 Å². The van der Waals surface area contributed by atoms with Crippen molar-refractivity contribution in [2.24, 2.45) is 13.5 Å². The third kappa shape index (κ3) is 19.1. The predicted molar refractivity (Wildman–Crippen MR) is 322 cm³/mol. The number of para-hydroxylation sites is 5. The quantitative estimate of drug-likeness (QED) is 0.0201. The molecule has 6 aromatic carbocycles. The van der Waals surface area contributed by atoms with Crippen LogP contribution in [0.3, 0.4) is 0 Å². The number of ether oxygens (including phenoxy) is 12. The van der Waals surface area contributed by atoms with Gasteiger partial charge < -0.3 is 65.9 Å². The summed E-state index contributed by atoms with van der Waals surface area (Å²) in [5, 5.41) is 0. The van der Waals surface area contributed by atoms with Crippen molar-refractivity contribution in [3.05, 3.63) is 156 Å².